The summed E-state index contributed by atoms with van der Waals surface area (Å²) in [4.78, 5) is 19.2. The second kappa shape index (κ2) is 6.15. The number of phosphoric acid groups is 1. The van der Waals surface area contributed by atoms with Gasteiger partial charge in [-0.15, -0.1) is 6.58 Å². The Bertz CT molecular complexity index is 119. The molecule has 0 aliphatic rings. The van der Waals surface area contributed by atoms with Crippen LogP contribution in [0.3, 0.4) is 0 Å². The Morgan fingerprint density at radius 3 is 2.22 bits per heavy atom. The van der Waals surface area contributed by atoms with E-state index in [0.717, 1.165) is 0 Å². The molecule has 0 aromatic rings. The third-order valence-electron chi connectivity index (χ3n) is 0.351. The maximum absolute atomic E-state index is 9.59. The van der Waals surface area contributed by atoms with Crippen LogP contribution in [-0.2, 0) is 9.09 Å². The van der Waals surface area contributed by atoms with Gasteiger partial charge in [-0.2, -0.15) is 0 Å². The molecule has 0 rings (SSSR count). The molecule has 0 heterocycles. The molecular weight excluding hydrogens is 268 g/mol. The van der Waals surface area contributed by atoms with E-state index in [9.17, 15) is 14.4 Å². The van der Waals surface area contributed by atoms with Gasteiger partial charge in [0.15, 0.2) is 0 Å². The zero-order valence-corrected chi connectivity index (χ0v) is 10.1. The van der Waals surface area contributed by atoms with Crippen LogP contribution >= 0.6 is 7.82 Å². The monoisotopic (exact) mass is 274 g/mol. The van der Waals surface area contributed by atoms with Gasteiger partial charge < -0.3 is 18.9 Å². The Kier molecular flexibility index (Phi) is 8.92. The second-order valence-electron chi connectivity index (χ2n) is 1.03. The van der Waals surface area contributed by atoms with Crippen molar-refractivity contribution < 1.29 is 18.9 Å². The van der Waals surface area contributed by atoms with E-state index in [1.807, 2.05) is 0 Å². The third kappa shape index (κ3) is 12.6. The quantitative estimate of drug-likeness (QED) is 0.361. The van der Waals surface area contributed by atoms with Gasteiger partial charge in [-0.1, -0.05) is 6.08 Å². The SMILES string of the molecule is C=CCOP(=O)([O-])[O-].[Ba+2]. The summed E-state index contributed by atoms with van der Waals surface area (Å²) in [6.45, 7) is 2.89. The normalized spacial score (nSPS) is 10.0. The van der Waals surface area contributed by atoms with Crippen molar-refractivity contribution in [2.45, 2.75) is 0 Å². The van der Waals surface area contributed by atoms with Crippen molar-refractivity contribution in [2.75, 3.05) is 6.61 Å². The van der Waals surface area contributed by atoms with Crippen molar-refractivity contribution in [3.8, 4) is 0 Å². The summed E-state index contributed by atoms with van der Waals surface area (Å²) < 4.78 is 13.3. The minimum absolute atomic E-state index is 0. The molecule has 0 aliphatic heterocycles. The van der Waals surface area contributed by atoms with E-state index in [2.05, 4.69) is 11.1 Å². The minimum atomic E-state index is -4.75. The first-order chi connectivity index (χ1) is 3.56. The molecule has 9 heavy (non-hydrogen) atoms. The molecule has 0 N–H and O–H groups in total. The summed E-state index contributed by atoms with van der Waals surface area (Å²) in [7, 11) is -4.75. The Balaban J connectivity index is 0. The first-order valence-electron chi connectivity index (χ1n) is 1.84. The summed E-state index contributed by atoms with van der Waals surface area (Å²) in [5.41, 5.74) is 0. The molecule has 6 heteroatoms. The van der Waals surface area contributed by atoms with E-state index < -0.39 is 7.82 Å². The fourth-order valence-electron chi connectivity index (χ4n) is 0.144. The Morgan fingerprint density at radius 2 is 2.11 bits per heavy atom. The topological polar surface area (TPSA) is 72.4 Å². The number of hydrogen-bond donors (Lipinski definition) is 0. The summed E-state index contributed by atoms with van der Waals surface area (Å²) in [6.07, 6.45) is 1.18. The molecule has 0 amide bonds. The largest absolute Gasteiger partial charge is 2.00 e. The van der Waals surface area contributed by atoms with E-state index in [1.165, 1.54) is 6.08 Å². The fourth-order valence-corrected chi connectivity index (χ4v) is 0.432. The Hall–Kier alpha value is 1.42. The average Bonchev–Trinajstić information content (AvgIpc) is 1.59. The molecule has 0 aromatic heterocycles. The van der Waals surface area contributed by atoms with Crippen molar-refractivity contribution in [3.63, 3.8) is 0 Å². The van der Waals surface area contributed by atoms with Crippen molar-refractivity contribution in [1.82, 2.24) is 0 Å². The molecule has 0 atom stereocenters. The van der Waals surface area contributed by atoms with Gasteiger partial charge in [0.1, 0.15) is 0 Å². The molecule has 4 nitrogen and oxygen atoms in total. The van der Waals surface area contributed by atoms with Gasteiger partial charge >= 0.3 is 48.9 Å². The number of rotatable bonds is 3. The molecule has 0 fully saturated rings. The summed E-state index contributed by atoms with van der Waals surface area (Å²) in [5, 5.41) is 0. The van der Waals surface area contributed by atoms with E-state index in [0.29, 0.717) is 0 Å². The second-order valence-corrected chi connectivity index (χ2v) is 2.18. The molecule has 0 aliphatic carbocycles. The maximum Gasteiger partial charge on any atom is 2.00 e. The van der Waals surface area contributed by atoms with Crippen LogP contribution < -0.4 is 9.79 Å². The van der Waals surface area contributed by atoms with Gasteiger partial charge in [-0.25, -0.2) is 0 Å². The molecule has 48 valence electrons. The molecule has 0 aromatic carbocycles. The summed E-state index contributed by atoms with van der Waals surface area (Å²) in [5.74, 6) is 0. The first-order valence-corrected chi connectivity index (χ1v) is 3.30. The molecule has 0 saturated heterocycles. The van der Waals surface area contributed by atoms with Gasteiger partial charge in [0, 0.05) is 0 Å². The van der Waals surface area contributed by atoms with Gasteiger partial charge in [0.25, 0.3) is 0 Å². The van der Waals surface area contributed by atoms with Crippen LogP contribution in [0.25, 0.3) is 0 Å². The van der Waals surface area contributed by atoms with E-state index >= 15 is 0 Å². The Labute approximate surface area is 93.6 Å². The van der Waals surface area contributed by atoms with Gasteiger partial charge in [0.2, 0.25) is 0 Å². The van der Waals surface area contributed by atoms with Crippen molar-refractivity contribution in [1.29, 1.82) is 0 Å². The van der Waals surface area contributed by atoms with Gasteiger partial charge in [0.05, 0.1) is 14.4 Å². The molecule has 0 bridgehead atoms. The predicted octanol–water partition coefficient (Wildman–Crippen LogP) is -1.36. The van der Waals surface area contributed by atoms with Crippen LogP contribution in [-0.4, -0.2) is 55.5 Å². The third-order valence-corrected chi connectivity index (χ3v) is 0.816. The smallest absolute Gasteiger partial charge is 0.790 e. The molecular formula is C3H5BaO4P. The van der Waals surface area contributed by atoms with E-state index in [-0.39, 0.29) is 55.5 Å². The average molecular weight is 273 g/mol. The van der Waals surface area contributed by atoms with E-state index in [1.54, 1.807) is 0 Å². The zero-order chi connectivity index (χ0) is 6.62. The van der Waals surface area contributed by atoms with Crippen LogP contribution in [0.1, 0.15) is 0 Å². The van der Waals surface area contributed by atoms with Crippen LogP contribution in [0.5, 0.6) is 0 Å². The van der Waals surface area contributed by atoms with Gasteiger partial charge in [-0.05, 0) is 0 Å². The van der Waals surface area contributed by atoms with Crippen LogP contribution in [0.15, 0.2) is 12.7 Å². The first kappa shape index (κ1) is 13.0. The van der Waals surface area contributed by atoms with E-state index in [4.69, 9.17) is 0 Å². The van der Waals surface area contributed by atoms with Crippen LogP contribution in [0.4, 0.5) is 0 Å². The van der Waals surface area contributed by atoms with Crippen LogP contribution in [0, 0.1) is 0 Å². The summed E-state index contributed by atoms with van der Waals surface area (Å²) >= 11 is 0. The zero-order valence-electron chi connectivity index (χ0n) is 4.78. The van der Waals surface area contributed by atoms with Crippen LogP contribution in [0.2, 0.25) is 0 Å². The van der Waals surface area contributed by atoms with Gasteiger partial charge in [-0.3, -0.25) is 0 Å². The standard InChI is InChI=1S/C3H7O4P.Ba/c1-2-3-7-8(4,5)6;/h2H,1,3H2,(H2,4,5,6);/q;+2/p-2. The molecule has 0 unspecified atom stereocenters. The molecule has 0 radical (unpaired) electrons. The molecule has 0 spiro atoms. The van der Waals surface area contributed by atoms with Crippen molar-refractivity contribution >= 4 is 56.7 Å². The van der Waals surface area contributed by atoms with Crippen molar-refractivity contribution in [3.05, 3.63) is 12.7 Å². The number of hydrogen-bond acceptors (Lipinski definition) is 4. The minimum Gasteiger partial charge on any atom is -0.790 e. The summed E-state index contributed by atoms with van der Waals surface area (Å²) in [6, 6.07) is 0. The molecule has 0 saturated carbocycles. The number of phosphoric ester groups is 1. The maximum atomic E-state index is 9.59. The fraction of sp³-hybridized carbons (Fsp3) is 0.333. The predicted molar refractivity (Wildman–Crippen MR) is 29.5 cm³/mol. The Morgan fingerprint density at radius 1 is 1.67 bits per heavy atom. The van der Waals surface area contributed by atoms with Crippen molar-refractivity contribution in [2.24, 2.45) is 0 Å².